The number of rotatable bonds is 7. The standard InChI is InChI=1S/C27H34N2O2/c1-7-10-20(11-8-2)18-31-23-13-9-12-21(16-23)22-14-15-24-25(17-22)28(6)26(30)29(24)19-27(3,4)5/h7,9-17H,8,18-19H2,1-6H3/b10-7-,20-11+. The van der Waals surface area contributed by atoms with Crippen LogP contribution in [-0.2, 0) is 13.6 Å². The lowest BCUT2D eigenvalue weighted by molar-refractivity contribution is 0.342. The molecule has 0 atom stereocenters. The number of imidazole rings is 1. The van der Waals surface area contributed by atoms with E-state index in [9.17, 15) is 4.79 Å². The summed E-state index contributed by atoms with van der Waals surface area (Å²) in [7, 11) is 1.84. The van der Waals surface area contributed by atoms with Crippen LogP contribution in [0.4, 0.5) is 0 Å². The zero-order valence-corrected chi connectivity index (χ0v) is 19.6. The molecule has 0 aliphatic rings. The third-order valence-electron chi connectivity index (χ3n) is 5.20. The Morgan fingerprint density at radius 2 is 1.81 bits per heavy atom. The van der Waals surface area contributed by atoms with E-state index in [0.29, 0.717) is 13.2 Å². The van der Waals surface area contributed by atoms with Crippen LogP contribution in [0.1, 0.15) is 41.0 Å². The average molecular weight is 419 g/mol. The Labute approximate surface area is 185 Å². The van der Waals surface area contributed by atoms with Crippen molar-refractivity contribution in [2.45, 2.75) is 47.6 Å². The van der Waals surface area contributed by atoms with Gasteiger partial charge in [-0.1, -0.05) is 64.1 Å². The van der Waals surface area contributed by atoms with Crippen LogP contribution >= 0.6 is 0 Å². The molecule has 164 valence electrons. The Balaban J connectivity index is 1.92. The van der Waals surface area contributed by atoms with E-state index in [4.69, 9.17) is 4.74 Å². The summed E-state index contributed by atoms with van der Waals surface area (Å²) < 4.78 is 9.66. The first-order chi connectivity index (χ1) is 14.7. The molecule has 1 heterocycles. The van der Waals surface area contributed by atoms with Gasteiger partial charge >= 0.3 is 5.69 Å². The summed E-state index contributed by atoms with van der Waals surface area (Å²) in [6.07, 6.45) is 7.29. The zero-order chi connectivity index (χ0) is 22.6. The molecule has 0 saturated heterocycles. The van der Waals surface area contributed by atoms with Gasteiger partial charge in [-0.2, -0.15) is 0 Å². The molecule has 0 fully saturated rings. The number of fused-ring (bicyclic) bond motifs is 1. The van der Waals surface area contributed by atoms with Gasteiger partial charge in [0.15, 0.2) is 0 Å². The Bertz CT molecular complexity index is 1170. The van der Waals surface area contributed by atoms with Gasteiger partial charge in [0.2, 0.25) is 0 Å². The highest BCUT2D eigenvalue weighted by Gasteiger charge is 2.18. The van der Waals surface area contributed by atoms with Crippen LogP contribution in [0.3, 0.4) is 0 Å². The van der Waals surface area contributed by atoms with Crippen molar-refractivity contribution in [3.8, 4) is 16.9 Å². The second kappa shape index (κ2) is 9.42. The molecule has 31 heavy (non-hydrogen) atoms. The summed E-state index contributed by atoms with van der Waals surface area (Å²) in [5, 5.41) is 0. The number of hydrogen-bond donors (Lipinski definition) is 0. The second-order valence-corrected chi connectivity index (χ2v) is 9.20. The third-order valence-corrected chi connectivity index (χ3v) is 5.20. The lowest BCUT2D eigenvalue weighted by Crippen LogP contribution is -2.27. The van der Waals surface area contributed by atoms with Crippen molar-refractivity contribution in [1.29, 1.82) is 0 Å². The van der Waals surface area contributed by atoms with Gasteiger partial charge in [0.1, 0.15) is 12.4 Å². The fourth-order valence-electron chi connectivity index (χ4n) is 3.80. The molecule has 0 N–H and O–H groups in total. The molecule has 0 aliphatic carbocycles. The predicted molar refractivity (Wildman–Crippen MR) is 131 cm³/mol. The largest absolute Gasteiger partial charge is 0.489 e. The van der Waals surface area contributed by atoms with Crippen molar-refractivity contribution in [2.75, 3.05) is 6.61 Å². The summed E-state index contributed by atoms with van der Waals surface area (Å²) in [6, 6.07) is 14.4. The summed E-state index contributed by atoms with van der Waals surface area (Å²) in [4.78, 5) is 12.8. The fraction of sp³-hybridized carbons (Fsp3) is 0.370. The van der Waals surface area contributed by atoms with Crippen LogP contribution in [0.15, 0.2) is 71.1 Å². The summed E-state index contributed by atoms with van der Waals surface area (Å²) in [5.41, 5.74) is 5.28. The van der Waals surface area contributed by atoms with Gasteiger partial charge < -0.3 is 4.74 Å². The Morgan fingerprint density at radius 3 is 2.48 bits per heavy atom. The van der Waals surface area contributed by atoms with Crippen molar-refractivity contribution >= 4 is 11.0 Å². The molecule has 0 unspecified atom stereocenters. The molecule has 3 rings (SSSR count). The first kappa shape index (κ1) is 22.7. The van der Waals surface area contributed by atoms with E-state index in [0.717, 1.165) is 34.3 Å². The molecule has 0 spiro atoms. The molecule has 0 aliphatic heterocycles. The summed E-state index contributed by atoms with van der Waals surface area (Å²) in [5.74, 6) is 0.836. The smallest absolute Gasteiger partial charge is 0.328 e. The van der Waals surface area contributed by atoms with E-state index < -0.39 is 0 Å². The van der Waals surface area contributed by atoms with E-state index in [-0.39, 0.29) is 11.1 Å². The minimum atomic E-state index is 0.0263. The van der Waals surface area contributed by atoms with Gasteiger partial charge in [0.25, 0.3) is 0 Å². The van der Waals surface area contributed by atoms with Gasteiger partial charge in [0.05, 0.1) is 11.0 Å². The van der Waals surface area contributed by atoms with Crippen molar-refractivity contribution in [3.63, 3.8) is 0 Å². The SMILES string of the molecule is C/C=C\C(=C/CC)COc1cccc(-c2ccc3c(c2)n(C)c(=O)n3CC(C)(C)C)c1. The predicted octanol–water partition coefficient (Wildman–Crippen LogP) is 6.34. The Hall–Kier alpha value is -3.01. The number of hydrogen-bond acceptors (Lipinski definition) is 2. The average Bonchev–Trinajstić information content (AvgIpc) is 2.96. The highest BCUT2D eigenvalue weighted by Crippen LogP contribution is 2.28. The van der Waals surface area contributed by atoms with Crippen LogP contribution in [0.25, 0.3) is 22.2 Å². The van der Waals surface area contributed by atoms with Gasteiger partial charge in [-0.25, -0.2) is 4.79 Å². The van der Waals surface area contributed by atoms with Crippen molar-refractivity contribution in [3.05, 3.63) is 76.8 Å². The van der Waals surface area contributed by atoms with Gasteiger partial charge in [0, 0.05) is 13.6 Å². The van der Waals surface area contributed by atoms with Crippen LogP contribution < -0.4 is 10.4 Å². The molecule has 0 saturated carbocycles. The van der Waals surface area contributed by atoms with E-state index in [2.05, 4.69) is 70.2 Å². The highest BCUT2D eigenvalue weighted by molar-refractivity contribution is 5.83. The lowest BCUT2D eigenvalue weighted by Gasteiger charge is -2.18. The monoisotopic (exact) mass is 418 g/mol. The molecule has 0 amide bonds. The quantitative estimate of drug-likeness (QED) is 0.420. The minimum Gasteiger partial charge on any atom is -0.489 e. The molecule has 4 nitrogen and oxygen atoms in total. The van der Waals surface area contributed by atoms with E-state index >= 15 is 0 Å². The van der Waals surface area contributed by atoms with Crippen molar-refractivity contribution < 1.29 is 4.74 Å². The maximum absolute atomic E-state index is 12.8. The molecule has 3 aromatic rings. The van der Waals surface area contributed by atoms with Crippen molar-refractivity contribution in [2.24, 2.45) is 12.5 Å². The molecule has 2 aromatic carbocycles. The van der Waals surface area contributed by atoms with Crippen LogP contribution in [0.2, 0.25) is 0 Å². The number of ether oxygens (including phenoxy) is 1. The van der Waals surface area contributed by atoms with Crippen LogP contribution in [0.5, 0.6) is 5.75 Å². The molecular weight excluding hydrogens is 384 g/mol. The maximum atomic E-state index is 12.8. The van der Waals surface area contributed by atoms with E-state index in [1.165, 1.54) is 5.57 Å². The summed E-state index contributed by atoms with van der Waals surface area (Å²) >= 11 is 0. The topological polar surface area (TPSA) is 36.2 Å². The first-order valence-corrected chi connectivity index (χ1v) is 11.0. The van der Waals surface area contributed by atoms with E-state index in [1.807, 2.05) is 36.7 Å². The van der Waals surface area contributed by atoms with Gasteiger partial charge in [-0.15, -0.1) is 0 Å². The van der Waals surface area contributed by atoms with Crippen LogP contribution in [-0.4, -0.2) is 15.7 Å². The van der Waals surface area contributed by atoms with Crippen molar-refractivity contribution in [1.82, 2.24) is 9.13 Å². The number of nitrogens with zero attached hydrogens (tertiary/aromatic N) is 2. The highest BCUT2D eigenvalue weighted by atomic mass is 16.5. The fourth-order valence-corrected chi connectivity index (χ4v) is 3.80. The Kier molecular flexibility index (Phi) is 6.89. The second-order valence-electron chi connectivity index (χ2n) is 9.20. The zero-order valence-electron chi connectivity index (χ0n) is 19.6. The van der Waals surface area contributed by atoms with Crippen LogP contribution in [0, 0.1) is 5.41 Å². The summed E-state index contributed by atoms with van der Waals surface area (Å²) in [6.45, 7) is 11.8. The first-order valence-electron chi connectivity index (χ1n) is 11.0. The molecule has 0 radical (unpaired) electrons. The number of aryl methyl sites for hydroxylation is 1. The normalized spacial score (nSPS) is 12.8. The van der Waals surface area contributed by atoms with Gasteiger partial charge in [-0.05, 0) is 59.7 Å². The Morgan fingerprint density at radius 1 is 1.06 bits per heavy atom. The number of allylic oxidation sites excluding steroid dienone is 2. The third kappa shape index (κ3) is 5.38. The molecule has 4 heteroatoms. The molecular formula is C27H34N2O2. The number of benzene rings is 2. The maximum Gasteiger partial charge on any atom is 0.328 e. The molecule has 0 bridgehead atoms. The number of aromatic nitrogens is 2. The minimum absolute atomic E-state index is 0.0263. The van der Waals surface area contributed by atoms with E-state index in [1.54, 1.807) is 4.57 Å². The molecule has 1 aromatic heterocycles. The van der Waals surface area contributed by atoms with Gasteiger partial charge in [-0.3, -0.25) is 9.13 Å². The lowest BCUT2D eigenvalue weighted by atomic mass is 9.97.